The Morgan fingerprint density at radius 1 is 1.04 bits per heavy atom. The molecule has 0 aromatic heterocycles. The predicted octanol–water partition coefficient (Wildman–Crippen LogP) is 1.77. The average Bonchev–Trinajstić information content (AvgIpc) is 3.11. The smallest absolute Gasteiger partial charge is 0.306 e. The zero-order valence-electron chi connectivity index (χ0n) is 15.4. The van der Waals surface area contributed by atoms with E-state index in [0.29, 0.717) is 45.2 Å². The van der Waals surface area contributed by atoms with Gasteiger partial charge in [-0.2, -0.15) is 4.31 Å². The van der Waals surface area contributed by atoms with E-state index in [1.165, 1.54) is 4.31 Å². The molecule has 8 heteroatoms. The Hall–Kier alpha value is -1.93. The first-order chi connectivity index (χ1) is 12.8. The average molecular weight is 394 g/mol. The fourth-order valence-corrected chi connectivity index (χ4v) is 5.34. The lowest BCUT2D eigenvalue weighted by Crippen LogP contribution is -2.45. The van der Waals surface area contributed by atoms with Crippen LogP contribution in [0.3, 0.4) is 0 Å². The highest BCUT2D eigenvalue weighted by molar-refractivity contribution is 7.89. The fourth-order valence-electron chi connectivity index (χ4n) is 3.87. The minimum absolute atomic E-state index is 0.0848. The molecule has 27 heavy (non-hydrogen) atoms. The van der Waals surface area contributed by atoms with E-state index in [9.17, 15) is 18.0 Å². The standard InChI is InChI=1S/C19H26N2O5S/c1-13-2-6-17(7-3-13)27(25,26)21-10-8-14(9-11-21)18(22)20-16-5-4-15(12-16)19(23)24/h2-3,6-7,14-16H,4-5,8-12H2,1H3,(H,20,22)(H,23,24)/t15-,16+/m0/s1. The van der Waals surface area contributed by atoms with Crippen molar-refractivity contribution in [1.82, 2.24) is 9.62 Å². The van der Waals surface area contributed by atoms with E-state index in [1.54, 1.807) is 24.3 Å². The maximum Gasteiger partial charge on any atom is 0.306 e. The summed E-state index contributed by atoms with van der Waals surface area (Å²) in [7, 11) is -3.53. The van der Waals surface area contributed by atoms with E-state index in [4.69, 9.17) is 5.11 Å². The third kappa shape index (κ3) is 4.50. The Labute approximate surface area is 159 Å². The Kier molecular flexibility index (Phi) is 5.86. The third-order valence-corrected chi connectivity index (χ3v) is 7.52. The molecule has 3 rings (SSSR count). The van der Waals surface area contributed by atoms with Gasteiger partial charge in [-0.05, 0) is 51.2 Å². The summed E-state index contributed by atoms with van der Waals surface area (Å²) >= 11 is 0. The molecular weight excluding hydrogens is 368 g/mol. The molecule has 0 spiro atoms. The molecule has 1 saturated carbocycles. The zero-order chi connectivity index (χ0) is 19.6. The van der Waals surface area contributed by atoms with Gasteiger partial charge >= 0.3 is 5.97 Å². The number of nitrogens with one attached hydrogen (secondary N) is 1. The second-order valence-corrected chi connectivity index (χ2v) is 9.48. The molecule has 2 N–H and O–H groups in total. The number of nitrogens with zero attached hydrogens (tertiary/aromatic N) is 1. The highest BCUT2D eigenvalue weighted by Crippen LogP contribution is 2.28. The molecule has 0 bridgehead atoms. The molecule has 7 nitrogen and oxygen atoms in total. The van der Waals surface area contributed by atoms with Crippen LogP contribution in [-0.2, 0) is 19.6 Å². The number of hydrogen-bond donors (Lipinski definition) is 2. The molecule has 2 fully saturated rings. The monoisotopic (exact) mass is 394 g/mol. The number of amides is 1. The summed E-state index contributed by atoms with van der Waals surface area (Å²) in [6.07, 6.45) is 2.70. The van der Waals surface area contributed by atoms with Crippen LogP contribution < -0.4 is 5.32 Å². The van der Waals surface area contributed by atoms with Crippen LogP contribution >= 0.6 is 0 Å². The number of hydrogen-bond acceptors (Lipinski definition) is 4. The first-order valence-electron chi connectivity index (χ1n) is 9.37. The molecule has 1 aliphatic heterocycles. The fraction of sp³-hybridized carbons (Fsp3) is 0.579. The van der Waals surface area contributed by atoms with Crippen molar-refractivity contribution in [2.24, 2.45) is 11.8 Å². The van der Waals surface area contributed by atoms with Gasteiger partial charge in [0.05, 0.1) is 10.8 Å². The number of carboxylic acid groups (broad SMARTS) is 1. The summed E-state index contributed by atoms with van der Waals surface area (Å²) in [5.41, 5.74) is 1.00. The molecular formula is C19H26N2O5S. The van der Waals surface area contributed by atoms with Crippen LogP contribution in [0.15, 0.2) is 29.2 Å². The summed E-state index contributed by atoms with van der Waals surface area (Å²) < 4.78 is 26.9. The minimum Gasteiger partial charge on any atom is -0.481 e. The lowest BCUT2D eigenvalue weighted by Gasteiger charge is -2.31. The summed E-state index contributed by atoms with van der Waals surface area (Å²) in [6.45, 7) is 2.54. The van der Waals surface area contributed by atoms with Gasteiger partial charge in [0, 0.05) is 25.0 Å². The highest BCUT2D eigenvalue weighted by Gasteiger charge is 2.35. The number of piperidine rings is 1. The topological polar surface area (TPSA) is 104 Å². The lowest BCUT2D eigenvalue weighted by molar-refractivity contribution is -0.141. The molecule has 148 valence electrons. The van der Waals surface area contributed by atoms with Crippen molar-refractivity contribution in [2.75, 3.05) is 13.1 Å². The summed E-state index contributed by atoms with van der Waals surface area (Å²) in [4.78, 5) is 23.8. The molecule has 2 atom stereocenters. The number of carboxylic acids is 1. The van der Waals surface area contributed by atoms with E-state index in [2.05, 4.69) is 5.32 Å². The minimum atomic E-state index is -3.53. The second kappa shape index (κ2) is 7.98. The molecule has 2 aliphatic rings. The highest BCUT2D eigenvalue weighted by atomic mass is 32.2. The van der Waals surface area contributed by atoms with Crippen molar-refractivity contribution in [3.05, 3.63) is 29.8 Å². The number of carbonyl (C=O) groups is 2. The van der Waals surface area contributed by atoms with Gasteiger partial charge in [0.15, 0.2) is 0 Å². The van der Waals surface area contributed by atoms with Crippen molar-refractivity contribution < 1.29 is 23.1 Å². The van der Waals surface area contributed by atoms with Gasteiger partial charge in [0.1, 0.15) is 0 Å². The van der Waals surface area contributed by atoms with Crippen LogP contribution in [0.25, 0.3) is 0 Å². The van der Waals surface area contributed by atoms with Crippen molar-refractivity contribution in [3.63, 3.8) is 0 Å². The van der Waals surface area contributed by atoms with Crippen molar-refractivity contribution in [2.45, 2.75) is 50.0 Å². The Bertz CT molecular complexity index is 798. The molecule has 0 radical (unpaired) electrons. The summed E-state index contributed by atoms with van der Waals surface area (Å²) in [6, 6.07) is 6.69. The van der Waals surface area contributed by atoms with Crippen molar-refractivity contribution in [1.29, 1.82) is 0 Å². The number of sulfonamides is 1. The van der Waals surface area contributed by atoms with Crippen molar-refractivity contribution in [3.8, 4) is 0 Å². The SMILES string of the molecule is Cc1ccc(S(=O)(=O)N2CCC(C(=O)N[C@@H]3CC[C@H](C(=O)O)C3)CC2)cc1. The van der Waals surface area contributed by atoms with Crippen LogP contribution in [0.4, 0.5) is 0 Å². The van der Waals surface area contributed by atoms with E-state index in [1.807, 2.05) is 6.92 Å². The Balaban J connectivity index is 1.53. The molecule has 1 aromatic carbocycles. The first kappa shape index (κ1) is 19.8. The maximum absolute atomic E-state index is 12.7. The van der Waals surface area contributed by atoms with Gasteiger partial charge in [0.25, 0.3) is 0 Å². The van der Waals surface area contributed by atoms with Gasteiger partial charge in [-0.1, -0.05) is 17.7 Å². The summed E-state index contributed by atoms with van der Waals surface area (Å²) in [5, 5.41) is 12.0. The van der Waals surface area contributed by atoms with E-state index < -0.39 is 16.0 Å². The van der Waals surface area contributed by atoms with Gasteiger partial charge in [-0.15, -0.1) is 0 Å². The van der Waals surface area contributed by atoms with Gasteiger partial charge < -0.3 is 10.4 Å². The summed E-state index contributed by atoms with van der Waals surface area (Å²) in [5.74, 6) is -1.49. The number of rotatable bonds is 5. The van der Waals surface area contributed by atoms with Crippen LogP contribution in [0.5, 0.6) is 0 Å². The molecule has 1 aliphatic carbocycles. The predicted molar refractivity (Wildman–Crippen MR) is 99.6 cm³/mol. The number of aliphatic carboxylic acids is 1. The molecule has 1 aromatic rings. The molecule has 1 saturated heterocycles. The van der Waals surface area contributed by atoms with Gasteiger partial charge in [-0.25, -0.2) is 8.42 Å². The Morgan fingerprint density at radius 2 is 1.67 bits per heavy atom. The molecule has 1 amide bonds. The van der Waals surface area contributed by atoms with Crippen LogP contribution in [0, 0.1) is 18.8 Å². The van der Waals surface area contributed by atoms with Crippen molar-refractivity contribution >= 4 is 21.9 Å². The van der Waals surface area contributed by atoms with Gasteiger partial charge in [0.2, 0.25) is 15.9 Å². The van der Waals surface area contributed by atoms with Gasteiger partial charge in [-0.3, -0.25) is 9.59 Å². The van der Waals surface area contributed by atoms with Crippen LogP contribution in [-0.4, -0.2) is 48.8 Å². The lowest BCUT2D eigenvalue weighted by atomic mass is 9.96. The molecule has 0 unspecified atom stereocenters. The normalized spacial score (nSPS) is 24.6. The quantitative estimate of drug-likeness (QED) is 0.792. The second-order valence-electron chi connectivity index (χ2n) is 7.55. The first-order valence-corrected chi connectivity index (χ1v) is 10.8. The van der Waals surface area contributed by atoms with E-state index in [0.717, 1.165) is 5.56 Å². The zero-order valence-corrected chi connectivity index (χ0v) is 16.2. The number of benzene rings is 1. The molecule has 1 heterocycles. The van der Waals surface area contributed by atoms with Crippen LogP contribution in [0.2, 0.25) is 0 Å². The largest absolute Gasteiger partial charge is 0.481 e. The van der Waals surface area contributed by atoms with E-state index in [-0.39, 0.29) is 28.7 Å². The Morgan fingerprint density at radius 3 is 2.22 bits per heavy atom. The number of aryl methyl sites for hydroxylation is 1. The third-order valence-electron chi connectivity index (χ3n) is 5.61. The maximum atomic E-state index is 12.7. The van der Waals surface area contributed by atoms with Crippen LogP contribution in [0.1, 0.15) is 37.7 Å². The van der Waals surface area contributed by atoms with E-state index >= 15 is 0 Å². The number of carbonyl (C=O) groups excluding carboxylic acids is 1.